The summed E-state index contributed by atoms with van der Waals surface area (Å²) >= 11 is 0. The van der Waals surface area contributed by atoms with Gasteiger partial charge in [0.05, 0.1) is 17.9 Å². The molecular formula is C14H25N5O. The van der Waals surface area contributed by atoms with Gasteiger partial charge in [-0.15, -0.1) is 0 Å². The van der Waals surface area contributed by atoms with Gasteiger partial charge in [0.2, 0.25) is 5.91 Å². The Morgan fingerprint density at radius 1 is 1.30 bits per heavy atom. The third kappa shape index (κ3) is 3.12. The topological polar surface area (TPSA) is 67.4 Å². The predicted octanol–water partition coefficient (Wildman–Crippen LogP) is 0.442. The molecule has 0 aliphatic carbocycles. The Morgan fingerprint density at radius 2 is 1.90 bits per heavy atom. The fourth-order valence-electron chi connectivity index (χ4n) is 2.32. The van der Waals surface area contributed by atoms with E-state index in [1.54, 1.807) is 4.68 Å². The molecule has 2 N–H and O–H groups in total. The van der Waals surface area contributed by atoms with E-state index in [2.05, 4.69) is 10.00 Å². The van der Waals surface area contributed by atoms with E-state index in [-0.39, 0.29) is 11.3 Å². The third-order valence-electron chi connectivity index (χ3n) is 3.85. The molecule has 1 aromatic rings. The van der Waals surface area contributed by atoms with Crippen LogP contribution in [-0.4, -0.2) is 52.8 Å². The highest BCUT2D eigenvalue weighted by Crippen LogP contribution is 2.21. The van der Waals surface area contributed by atoms with Crippen LogP contribution < -0.4 is 10.6 Å². The molecule has 6 nitrogen and oxygen atoms in total. The molecular weight excluding hydrogens is 254 g/mol. The average Bonchev–Trinajstić information content (AvgIpc) is 2.83. The Kier molecular flexibility index (Phi) is 4.04. The van der Waals surface area contributed by atoms with E-state index in [0.29, 0.717) is 0 Å². The fourth-order valence-corrected chi connectivity index (χ4v) is 2.32. The average molecular weight is 279 g/mol. The van der Waals surface area contributed by atoms with Gasteiger partial charge in [-0.2, -0.15) is 5.10 Å². The normalized spacial score (nSPS) is 18.2. The van der Waals surface area contributed by atoms with E-state index in [1.807, 2.05) is 45.1 Å². The van der Waals surface area contributed by atoms with Crippen molar-refractivity contribution in [3.05, 3.63) is 12.4 Å². The number of rotatable bonds is 2. The lowest BCUT2D eigenvalue weighted by molar-refractivity contribution is -0.135. The lowest BCUT2D eigenvalue weighted by Gasteiger charge is -2.38. The molecule has 2 heterocycles. The highest BCUT2D eigenvalue weighted by molar-refractivity contribution is 5.82. The molecule has 1 aliphatic heterocycles. The van der Waals surface area contributed by atoms with Gasteiger partial charge in [-0.05, 0) is 5.41 Å². The van der Waals surface area contributed by atoms with E-state index in [4.69, 9.17) is 5.73 Å². The summed E-state index contributed by atoms with van der Waals surface area (Å²) in [7, 11) is 1.91. The highest BCUT2D eigenvalue weighted by Gasteiger charge is 2.32. The molecule has 0 aromatic carbocycles. The van der Waals surface area contributed by atoms with Gasteiger partial charge in [-0.1, -0.05) is 20.8 Å². The Hall–Kier alpha value is -1.56. The van der Waals surface area contributed by atoms with Crippen molar-refractivity contribution in [2.75, 3.05) is 31.1 Å². The number of hydrogen-bond donors (Lipinski definition) is 1. The zero-order chi connectivity index (χ0) is 14.9. The van der Waals surface area contributed by atoms with E-state index < -0.39 is 6.04 Å². The van der Waals surface area contributed by atoms with Crippen LogP contribution in [0.1, 0.15) is 20.8 Å². The van der Waals surface area contributed by atoms with Crippen LogP contribution in [0.3, 0.4) is 0 Å². The number of nitrogens with zero attached hydrogens (tertiary/aromatic N) is 4. The van der Waals surface area contributed by atoms with Gasteiger partial charge < -0.3 is 15.5 Å². The van der Waals surface area contributed by atoms with Crippen LogP contribution in [0.5, 0.6) is 0 Å². The van der Waals surface area contributed by atoms with Crippen LogP contribution in [0.15, 0.2) is 12.4 Å². The highest BCUT2D eigenvalue weighted by atomic mass is 16.2. The first-order valence-corrected chi connectivity index (χ1v) is 7.07. The summed E-state index contributed by atoms with van der Waals surface area (Å²) in [5, 5.41) is 4.18. The van der Waals surface area contributed by atoms with Crippen molar-refractivity contribution in [3.8, 4) is 0 Å². The lowest BCUT2D eigenvalue weighted by atomic mass is 9.86. The number of anilines is 1. The second kappa shape index (κ2) is 5.44. The van der Waals surface area contributed by atoms with Crippen molar-refractivity contribution in [2.24, 2.45) is 18.2 Å². The Morgan fingerprint density at radius 3 is 2.35 bits per heavy atom. The molecule has 0 radical (unpaired) electrons. The maximum absolute atomic E-state index is 12.4. The van der Waals surface area contributed by atoms with Gasteiger partial charge in [-0.3, -0.25) is 9.48 Å². The van der Waals surface area contributed by atoms with Crippen molar-refractivity contribution in [2.45, 2.75) is 26.8 Å². The lowest BCUT2D eigenvalue weighted by Crippen LogP contribution is -2.56. The number of carbonyl (C=O) groups is 1. The molecule has 1 fully saturated rings. The summed E-state index contributed by atoms with van der Waals surface area (Å²) < 4.78 is 1.79. The Balaban J connectivity index is 1.93. The molecule has 1 saturated heterocycles. The summed E-state index contributed by atoms with van der Waals surface area (Å²) in [6.45, 7) is 9.10. The molecule has 0 bridgehead atoms. The van der Waals surface area contributed by atoms with E-state index in [0.717, 1.165) is 31.9 Å². The van der Waals surface area contributed by atoms with Gasteiger partial charge in [-0.25, -0.2) is 0 Å². The van der Waals surface area contributed by atoms with Crippen molar-refractivity contribution < 1.29 is 4.79 Å². The fraction of sp³-hybridized carbons (Fsp3) is 0.714. The van der Waals surface area contributed by atoms with Gasteiger partial charge in [0.15, 0.2) is 0 Å². The first-order chi connectivity index (χ1) is 9.29. The van der Waals surface area contributed by atoms with E-state index >= 15 is 0 Å². The molecule has 112 valence electrons. The number of aromatic nitrogens is 2. The summed E-state index contributed by atoms with van der Waals surface area (Å²) in [5.41, 5.74) is 6.97. The van der Waals surface area contributed by atoms with Crippen LogP contribution in [0, 0.1) is 5.41 Å². The quantitative estimate of drug-likeness (QED) is 0.853. The number of nitrogens with two attached hydrogens (primary N) is 1. The maximum Gasteiger partial charge on any atom is 0.240 e. The summed E-state index contributed by atoms with van der Waals surface area (Å²) in [6.07, 6.45) is 3.86. The molecule has 6 heteroatoms. The molecule has 0 unspecified atom stereocenters. The molecule has 0 saturated carbocycles. The molecule has 1 amide bonds. The first-order valence-electron chi connectivity index (χ1n) is 7.07. The van der Waals surface area contributed by atoms with Crippen LogP contribution in [0.2, 0.25) is 0 Å². The van der Waals surface area contributed by atoms with Crippen molar-refractivity contribution in [1.29, 1.82) is 0 Å². The minimum atomic E-state index is -0.438. The van der Waals surface area contributed by atoms with Crippen LogP contribution >= 0.6 is 0 Å². The minimum Gasteiger partial charge on any atom is -0.365 e. The number of aryl methyl sites for hydroxylation is 1. The van der Waals surface area contributed by atoms with Crippen molar-refractivity contribution in [3.63, 3.8) is 0 Å². The molecule has 1 atom stereocenters. The Bertz CT molecular complexity index is 468. The number of carbonyl (C=O) groups excluding carboxylic acids is 1. The number of amides is 1. The van der Waals surface area contributed by atoms with Gasteiger partial charge in [0, 0.05) is 39.4 Å². The van der Waals surface area contributed by atoms with Crippen LogP contribution in [0.25, 0.3) is 0 Å². The van der Waals surface area contributed by atoms with E-state index in [9.17, 15) is 4.79 Å². The smallest absolute Gasteiger partial charge is 0.240 e. The van der Waals surface area contributed by atoms with Gasteiger partial charge in [0.1, 0.15) is 0 Å². The summed E-state index contributed by atoms with van der Waals surface area (Å²) in [5.74, 6) is 0.0586. The van der Waals surface area contributed by atoms with Gasteiger partial charge in [0.25, 0.3) is 0 Å². The number of hydrogen-bond acceptors (Lipinski definition) is 4. The zero-order valence-electron chi connectivity index (χ0n) is 12.8. The molecule has 0 spiro atoms. The molecule has 1 aliphatic rings. The second-order valence-electron chi connectivity index (χ2n) is 6.53. The SMILES string of the molecule is Cn1cc(N2CCN(C(=O)[C@@H](N)C(C)(C)C)CC2)cn1. The number of piperazine rings is 1. The summed E-state index contributed by atoms with van der Waals surface area (Å²) in [6, 6.07) is -0.438. The standard InChI is InChI=1S/C14H25N5O/c1-14(2,3)12(15)13(20)19-7-5-18(6-8-19)11-9-16-17(4)10-11/h9-10,12H,5-8,15H2,1-4H3/t12-/m1/s1. The predicted molar refractivity (Wildman–Crippen MR) is 79.4 cm³/mol. The maximum atomic E-state index is 12.4. The Labute approximate surface area is 120 Å². The third-order valence-corrected chi connectivity index (χ3v) is 3.85. The molecule has 2 rings (SSSR count). The largest absolute Gasteiger partial charge is 0.365 e. The summed E-state index contributed by atoms with van der Waals surface area (Å²) in [4.78, 5) is 16.5. The zero-order valence-corrected chi connectivity index (χ0v) is 12.8. The van der Waals surface area contributed by atoms with Crippen LogP contribution in [-0.2, 0) is 11.8 Å². The molecule has 20 heavy (non-hydrogen) atoms. The van der Waals surface area contributed by atoms with E-state index in [1.165, 1.54) is 0 Å². The molecule has 1 aromatic heterocycles. The monoisotopic (exact) mass is 279 g/mol. The van der Waals surface area contributed by atoms with Crippen molar-refractivity contribution in [1.82, 2.24) is 14.7 Å². The van der Waals surface area contributed by atoms with Crippen LogP contribution in [0.4, 0.5) is 5.69 Å². The second-order valence-corrected chi connectivity index (χ2v) is 6.53. The minimum absolute atomic E-state index is 0.0586. The first kappa shape index (κ1) is 14.8. The van der Waals surface area contributed by atoms with Gasteiger partial charge >= 0.3 is 0 Å². The van der Waals surface area contributed by atoms with Crippen molar-refractivity contribution >= 4 is 11.6 Å².